The molecule has 24 heavy (non-hydrogen) atoms. The average molecular weight is 351 g/mol. The number of hydrogen-bond acceptors (Lipinski definition) is 1. The highest BCUT2D eigenvalue weighted by atomic mass is 28.3. The Bertz CT molecular complexity index is 698. The van der Waals surface area contributed by atoms with Crippen molar-refractivity contribution in [2.24, 2.45) is 5.92 Å². The van der Waals surface area contributed by atoms with E-state index < -0.39 is 19.8 Å². The van der Waals surface area contributed by atoms with Crippen LogP contribution in [-0.2, 0) is 12.6 Å². The number of rotatable bonds is 4. The molecule has 0 unspecified atom stereocenters. The highest BCUT2D eigenvalue weighted by Gasteiger charge is 2.30. The van der Waals surface area contributed by atoms with Gasteiger partial charge in [0.15, 0.2) is 0 Å². The predicted molar refractivity (Wildman–Crippen MR) is 96.2 cm³/mol. The largest absolute Gasteiger partial charge is 0.416 e. The second kappa shape index (κ2) is 6.71. The first-order valence-electron chi connectivity index (χ1n) is 8.15. The number of benzene rings is 1. The SMILES string of the molecule is CC(C)Cc1cc(-c2ccc(C(F)(F)F)cc2)ncc1[Si](C)(C)C. The van der Waals surface area contributed by atoms with Gasteiger partial charge < -0.3 is 0 Å². The van der Waals surface area contributed by atoms with Gasteiger partial charge in [0.25, 0.3) is 0 Å². The van der Waals surface area contributed by atoms with Gasteiger partial charge in [-0.15, -0.1) is 0 Å². The van der Waals surface area contributed by atoms with Crippen molar-refractivity contribution in [1.82, 2.24) is 4.98 Å². The molecule has 0 aliphatic carbocycles. The van der Waals surface area contributed by atoms with Crippen LogP contribution in [0.5, 0.6) is 0 Å². The Kier molecular flexibility index (Phi) is 5.23. The quantitative estimate of drug-likeness (QED) is 0.662. The standard InChI is InChI=1S/C19H24F3NSi/c1-13(2)10-15-11-17(23-12-18(15)24(3,4)5)14-6-8-16(9-7-14)19(20,21)22/h6-9,11-13H,10H2,1-5H3. The zero-order valence-corrected chi connectivity index (χ0v) is 15.8. The Hall–Kier alpha value is -1.62. The number of hydrogen-bond donors (Lipinski definition) is 0. The molecule has 1 aromatic carbocycles. The van der Waals surface area contributed by atoms with Gasteiger partial charge >= 0.3 is 6.18 Å². The molecular formula is C19H24F3NSi. The highest BCUT2D eigenvalue weighted by molar-refractivity contribution is 6.89. The first-order valence-corrected chi connectivity index (χ1v) is 11.7. The Morgan fingerprint density at radius 2 is 1.62 bits per heavy atom. The molecule has 0 N–H and O–H groups in total. The van der Waals surface area contributed by atoms with E-state index in [9.17, 15) is 13.2 Å². The lowest BCUT2D eigenvalue weighted by atomic mass is 10.0. The molecule has 0 amide bonds. The van der Waals surface area contributed by atoms with E-state index in [2.05, 4.69) is 44.5 Å². The minimum Gasteiger partial charge on any atom is -0.256 e. The van der Waals surface area contributed by atoms with Crippen molar-refractivity contribution >= 4 is 13.3 Å². The molecule has 1 heterocycles. The first-order chi connectivity index (χ1) is 11.0. The number of nitrogens with zero attached hydrogens (tertiary/aromatic N) is 1. The monoisotopic (exact) mass is 351 g/mol. The molecule has 0 bridgehead atoms. The van der Waals surface area contributed by atoms with Crippen molar-refractivity contribution in [2.75, 3.05) is 0 Å². The van der Waals surface area contributed by atoms with Gasteiger partial charge in [0.2, 0.25) is 0 Å². The smallest absolute Gasteiger partial charge is 0.256 e. The second-order valence-electron chi connectivity index (χ2n) is 7.65. The molecule has 0 aliphatic heterocycles. The van der Waals surface area contributed by atoms with Crippen molar-refractivity contribution in [2.45, 2.75) is 46.1 Å². The number of pyridine rings is 1. The maximum absolute atomic E-state index is 12.7. The molecule has 0 saturated heterocycles. The molecule has 5 heteroatoms. The van der Waals surface area contributed by atoms with Gasteiger partial charge in [0, 0.05) is 11.8 Å². The molecule has 2 rings (SSSR count). The summed E-state index contributed by atoms with van der Waals surface area (Å²) in [5.41, 5.74) is 2.10. The minimum absolute atomic E-state index is 0.517. The zero-order chi connectivity index (χ0) is 18.1. The van der Waals surface area contributed by atoms with E-state index in [1.54, 1.807) is 0 Å². The van der Waals surface area contributed by atoms with Crippen LogP contribution in [0.25, 0.3) is 11.3 Å². The van der Waals surface area contributed by atoms with Crippen LogP contribution in [0.3, 0.4) is 0 Å². The lowest BCUT2D eigenvalue weighted by molar-refractivity contribution is -0.137. The summed E-state index contributed by atoms with van der Waals surface area (Å²) in [6.45, 7) is 11.2. The van der Waals surface area contributed by atoms with Crippen molar-refractivity contribution in [1.29, 1.82) is 0 Å². The summed E-state index contributed by atoms with van der Waals surface area (Å²) in [7, 11) is -1.51. The second-order valence-corrected chi connectivity index (χ2v) is 12.7. The van der Waals surface area contributed by atoms with Gasteiger partial charge in [-0.05, 0) is 41.3 Å². The van der Waals surface area contributed by atoms with Gasteiger partial charge in [-0.25, -0.2) is 0 Å². The van der Waals surface area contributed by atoms with Crippen molar-refractivity contribution < 1.29 is 13.2 Å². The molecule has 0 atom stereocenters. The number of halogens is 3. The zero-order valence-electron chi connectivity index (χ0n) is 14.8. The summed E-state index contributed by atoms with van der Waals surface area (Å²) < 4.78 is 38.1. The van der Waals surface area contributed by atoms with E-state index in [1.165, 1.54) is 22.9 Å². The van der Waals surface area contributed by atoms with Crippen LogP contribution >= 0.6 is 0 Å². The van der Waals surface area contributed by atoms with Crippen LogP contribution < -0.4 is 5.19 Å². The van der Waals surface area contributed by atoms with E-state index in [0.29, 0.717) is 5.92 Å². The molecule has 2 aromatic rings. The molecule has 0 fully saturated rings. The normalized spacial score (nSPS) is 12.7. The van der Waals surface area contributed by atoms with E-state index in [-0.39, 0.29) is 0 Å². The van der Waals surface area contributed by atoms with Crippen LogP contribution in [0, 0.1) is 5.92 Å². The highest BCUT2D eigenvalue weighted by Crippen LogP contribution is 2.30. The van der Waals surface area contributed by atoms with Crippen LogP contribution in [0.15, 0.2) is 36.5 Å². The van der Waals surface area contributed by atoms with Gasteiger partial charge in [0.05, 0.1) is 19.3 Å². The first kappa shape index (κ1) is 18.7. The van der Waals surface area contributed by atoms with E-state index in [0.717, 1.165) is 29.8 Å². The molecule has 130 valence electrons. The van der Waals surface area contributed by atoms with Crippen LogP contribution in [-0.4, -0.2) is 13.1 Å². The van der Waals surface area contributed by atoms with Gasteiger partial charge in [-0.2, -0.15) is 13.2 Å². The summed E-state index contributed by atoms with van der Waals surface area (Å²) in [6, 6.07) is 7.28. The lowest BCUT2D eigenvalue weighted by Gasteiger charge is -2.22. The molecule has 1 aromatic heterocycles. The Labute approximate surface area is 143 Å². The maximum atomic E-state index is 12.7. The third kappa shape index (κ3) is 4.47. The summed E-state index contributed by atoms with van der Waals surface area (Å²) in [4.78, 5) is 4.53. The number of aromatic nitrogens is 1. The van der Waals surface area contributed by atoms with Gasteiger partial charge in [-0.1, -0.05) is 45.6 Å². The minimum atomic E-state index is -4.31. The van der Waals surface area contributed by atoms with E-state index in [1.807, 2.05) is 6.20 Å². The summed E-state index contributed by atoms with van der Waals surface area (Å²) in [5, 5.41) is 1.33. The van der Waals surface area contributed by atoms with E-state index in [4.69, 9.17) is 0 Å². The third-order valence-corrected chi connectivity index (χ3v) is 6.00. The van der Waals surface area contributed by atoms with E-state index >= 15 is 0 Å². The Morgan fingerprint density at radius 1 is 1.04 bits per heavy atom. The maximum Gasteiger partial charge on any atom is 0.416 e. The topological polar surface area (TPSA) is 12.9 Å². The summed E-state index contributed by atoms with van der Waals surface area (Å²) >= 11 is 0. The van der Waals surface area contributed by atoms with Crippen molar-refractivity contribution in [3.05, 3.63) is 47.7 Å². The molecule has 0 aliphatic rings. The van der Waals surface area contributed by atoms with Gasteiger partial charge in [-0.3, -0.25) is 4.98 Å². The van der Waals surface area contributed by atoms with Gasteiger partial charge in [0.1, 0.15) is 0 Å². The fraction of sp³-hybridized carbons (Fsp3) is 0.421. The third-order valence-electron chi connectivity index (χ3n) is 3.93. The predicted octanol–water partition coefficient (Wildman–Crippen LogP) is 5.51. The molecule has 0 radical (unpaired) electrons. The van der Waals surface area contributed by atoms with Crippen LogP contribution in [0.2, 0.25) is 19.6 Å². The molecule has 1 nitrogen and oxygen atoms in total. The molecule has 0 spiro atoms. The summed E-state index contributed by atoms with van der Waals surface area (Å²) in [5.74, 6) is 0.517. The molecular weight excluding hydrogens is 327 g/mol. The van der Waals surface area contributed by atoms with Crippen molar-refractivity contribution in [3.8, 4) is 11.3 Å². The average Bonchev–Trinajstić information content (AvgIpc) is 2.44. The number of alkyl halides is 3. The lowest BCUT2D eigenvalue weighted by Crippen LogP contribution is -2.40. The Balaban J connectivity index is 2.44. The summed E-state index contributed by atoms with van der Waals surface area (Å²) in [6.07, 6.45) is -1.43. The molecule has 0 saturated carbocycles. The Morgan fingerprint density at radius 3 is 2.08 bits per heavy atom. The van der Waals surface area contributed by atoms with Crippen LogP contribution in [0.4, 0.5) is 13.2 Å². The fourth-order valence-corrected chi connectivity index (χ4v) is 4.36. The van der Waals surface area contributed by atoms with Crippen molar-refractivity contribution in [3.63, 3.8) is 0 Å². The fourth-order valence-electron chi connectivity index (χ4n) is 2.77. The van der Waals surface area contributed by atoms with Crippen LogP contribution in [0.1, 0.15) is 25.0 Å².